The zero-order valence-corrected chi connectivity index (χ0v) is 10.5. The first-order chi connectivity index (χ1) is 8.02. The van der Waals surface area contributed by atoms with Crippen LogP contribution in [0, 0.1) is 5.82 Å². The van der Waals surface area contributed by atoms with Crippen molar-refractivity contribution in [1.29, 1.82) is 0 Å². The first-order valence-electron chi connectivity index (χ1n) is 5.87. The zero-order valence-electron chi connectivity index (χ0n) is 10.5. The Morgan fingerprint density at radius 1 is 1.41 bits per heavy atom. The fraction of sp³-hybridized carbons (Fsp3) is 0.538. The van der Waals surface area contributed by atoms with Crippen LogP contribution in [0.25, 0.3) is 0 Å². The van der Waals surface area contributed by atoms with Crippen molar-refractivity contribution in [1.82, 2.24) is 4.90 Å². The number of nitrogens with zero attached hydrogens (tertiary/aromatic N) is 1. The van der Waals surface area contributed by atoms with Crippen LogP contribution in [0.2, 0.25) is 0 Å². The number of nitrogens with two attached hydrogens (primary N) is 1. The van der Waals surface area contributed by atoms with E-state index in [2.05, 4.69) is 4.90 Å². The molecule has 3 nitrogen and oxygen atoms in total. The molecule has 1 rings (SSSR count). The van der Waals surface area contributed by atoms with E-state index in [0.717, 1.165) is 17.7 Å². The third-order valence-corrected chi connectivity index (χ3v) is 2.76. The monoisotopic (exact) mass is 240 g/mol. The number of aliphatic hydroxyl groups excluding tert-OH is 1. The Morgan fingerprint density at radius 2 is 2.12 bits per heavy atom. The van der Waals surface area contributed by atoms with Gasteiger partial charge in [-0.25, -0.2) is 4.39 Å². The molecule has 0 saturated carbocycles. The lowest BCUT2D eigenvalue weighted by atomic mass is 10.1. The van der Waals surface area contributed by atoms with E-state index in [1.54, 1.807) is 13.0 Å². The molecule has 17 heavy (non-hydrogen) atoms. The molecule has 4 heteroatoms. The average Bonchev–Trinajstić information content (AvgIpc) is 2.27. The van der Waals surface area contributed by atoms with Crippen molar-refractivity contribution in [3.8, 4) is 0 Å². The Bertz CT molecular complexity index is 355. The van der Waals surface area contributed by atoms with Gasteiger partial charge in [0.1, 0.15) is 5.82 Å². The highest BCUT2D eigenvalue weighted by atomic mass is 19.1. The second kappa shape index (κ2) is 6.69. The maximum absolute atomic E-state index is 13.1. The van der Waals surface area contributed by atoms with Gasteiger partial charge in [0.05, 0.1) is 6.10 Å². The third kappa shape index (κ3) is 4.81. The van der Waals surface area contributed by atoms with Crippen molar-refractivity contribution >= 4 is 0 Å². The Morgan fingerprint density at radius 3 is 2.71 bits per heavy atom. The van der Waals surface area contributed by atoms with Crippen LogP contribution in [0.5, 0.6) is 0 Å². The number of halogens is 1. The van der Waals surface area contributed by atoms with Gasteiger partial charge in [-0.1, -0.05) is 6.07 Å². The molecule has 0 saturated heterocycles. The van der Waals surface area contributed by atoms with Crippen molar-refractivity contribution in [2.75, 3.05) is 13.6 Å². The standard InChI is InChI=1S/C13H21FN2O/c1-10(17)5-6-16(2)9-12-7-13(14)4-3-11(12)8-15/h3-4,7,10,17H,5-6,8-9,15H2,1-2H3. The summed E-state index contributed by atoms with van der Waals surface area (Å²) in [6, 6.07) is 4.69. The van der Waals surface area contributed by atoms with Gasteiger partial charge in [-0.05, 0) is 43.7 Å². The Hall–Kier alpha value is -0.970. The molecule has 1 aromatic carbocycles. The van der Waals surface area contributed by atoms with Crippen molar-refractivity contribution in [2.45, 2.75) is 32.5 Å². The minimum absolute atomic E-state index is 0.235. The molecule has 0 aliphatic heterocycles. The summed E-state index contributed by atoms with van der Waals surface area (Å²) in [6.07, 6.45) is 0.406. The van der Waals surface area contributed by atoms with Crippen molar-refractivity contribution < 1.29 is 9.50 Å². The summed E-state index contributed by atoms with van der Waals surface area (Å²) in [5, 5.41) is 9.21. The first-order valence-corrected chi connectivity index (χ1v) is 5.87. The molecular formula is C13H21FN2O. The SMILES string of the molecule is CC(O)CCN(C)Cc1cc(F)ccc1CN. The smallest absolute Gasteiger partial charge is 0.123 e. The van der Waals surface area contributed by atoms with Crippen LogP contribution in [0.3, 0.4) is 0 Å². The van der Waals surface area contributed by atoms with Crippen LogP contribution in [0.4, 0.5) is 4.39 Å². The Balaban J connectivity index is 2.63. The van der Waals surface area contributed by atoms with E-state index in [9.17, 15) is 9.50 Å². The highest BCUT2D eigenvalue weighted by Gasteiger charge is 2.07. The molecular weight excluding hydrogens is 219 g/mol. The third-order valence-electron chi connectivity index (χ3n) is 2.76. The molecule has 0 aliphatic rings. The van der Waals surface area contributed by atoms with Crippen LogP contribution in [-0.2, 0) is 13.1 Å². The van der Waals surface area contributed by atoms with Gasteiger partial charge >= 0.3 is 0 Å². The molecule has 0 fully saturated rings. The van der Waals surface area contributed by atoms with E-state index in [4.69, 9.17) is 5.73 Å². The maximum atomic E-state index is 13.1. The molecule has 0 amide bonds. The highest BCUT2D eigenvalue weighted by molar-refractivity contribution is 5.27. The minimum Gasteiger partial charge on any atom is -0.393 e. The van der Waals surface area contributed by atoms with Gasteiger partial charge in [-0.15, -0.1) is 0 Å². The molecule has 3 N–H and O–H groups in total. The van der Waals surface area contributed by atoms with Gasteiger partial charge in [0, 0.05) is 19.6 Å². The molecule has 1 atom stereocenters. The van der Waals surface area contributed by atoms with Crippen molar-refractivity contribution in [2.24, 2.45) is 5.73 Å². The Kier molecular flexibility index (Phi) is 5.55. The van der Waals surface area contributed by atoms with Crippen LogP contribution in [-0.4, -0.2) is 29.7 Å². The number of rotatable bonds is 6. The van der Waals surface area contributed by atoms with Gasteiger partial charge in [0.15, 0.2) is 0 Å². The summed E-state index contributed by atoms with van der Waals surface area (Å²) >= 11 is 0. The summed E-state index contributed by atoms with van der Waals surface area (Å²) < 4.78 is 13.1. The van der Waals surface area contributed by atoms with Crippen molar-refractivity contribution in [3.05, 3.63) is 35.1 Å². The van der Waals surface area contributed by atoms with Gasteiger partial charge in [-0.3, -0.25) is 0 Å². The fourth-order valence-electron chi connectivity index (χ4n) is 1.72. The van der Waals surface area contributed by atoms with Crippen LogP contribution in [0.15, 0.2) is 18.2 Å². The van der Waals surface area contributed by atoms with Gasteiger partial charge in [0.2, 0.25) is 0 Å². The highest BCUT2D eigenvalue weighted by Crippen LogP contribution is 2.13. The number of aliphatic hydroxyl groups is 1. The van der Waals surface area contributed by atoms with E-state index in [-0.39, 0.29) is 11.9 Å². The summed E-state index contributed by atoms with van der Waals surface area (Å²) in [6.45, 7) is 3.61. The van der Waals surface area contributed by atoms with Gasteiger partial charge < -0.3 is 15.7 Å². The minimum atomic E-state index is -0.307. The summed E-state index contributed by atoms with van der Waals surface area (Å²) in [7, 11) is 1.95. The predicted molar refractivity (Wildman–Crippen MR) is 66.9 cm³/mol. The lowest BCUT2D eigenvalue weighted by Gasteiger charge is -2.19. The van der Waals surface area contributed by atoms with Crippen LogP contribution in [0.1, 0.15) is 24.5 Å². The molecule has 0 bridgehead atoms. The zero-order chi connectivity index (χ0) is 12.8. The maximum Gasteiger partial charge on any atom is 0.123 e. The van der Waals surface area contributed by atoms with E-state index in [1.807, 2.05) is 7.05 Å². The molecule has 1 unspecified atom stereocenters. The Labute approximate surface area is 102 Å². The topological polar surface area (TPSA) is 49.5 Å². The number of benzene rings is 1. The summed E-state index contributed by atoms with van der Waals surface area (Å²) in [5.41, 5.74) is 7.50. The second-order valence-electron chi connectivity index (χ2n) is 4.49. The van der Waals surface area contributed by atoms with Crippen LogP contribution < -0.4 is 5.73 Å². The second-order valence-corrected chi connectivity index (χ2v) is 4.49. The summed E-state index contributed by atoms with van der Waals surface area (Å²) in [4.78, 5) is 2.06. The molecule has 1 aromatic rings. The lowest BCUT2D eigenvalue weighted by Crippen LogP contribution is -2.23. The molecule has 0 radical (unpaired) electrons. The summed E-state index contributed by atoms with van der Waals surface area (Å²) in [5.74, 6) is -0.235. The molecule has 96 valence electrons. The molecule has 0 spiro atoms. The predicted octanol–water partition coefficient (Wildman–Crippen LogP) is 1.49. The van der Waals surface area contributed by atoms with Gasteiger partial charge in [-0.2, -0.15) is 0 Å². The van der Waals surface area contributed by atoms with E-state index >= 15 is 0 Å². The average molecular weight is 240 g/mol. The largest absolute Gasteiger partial charge is 0.393 e. The molecule has 0 heterocycles. The number of hydrogen-bond acceptors (Lipinski definition) is 3. The van der Waals surface area contributed by atoms with E-state index < -0.39 is 0 Å². The molecule has 0 aromatic heterocycles. The normalized spacial score (nSPS) is 13.1. The molecule has 0 aliphatic carbocycles. The number of hydrogen-bond donors (Lipinski definition) is 2. The fourth-order valence-corrected chi connectivity index (χ4v) is 1.72. The quantitative estimate of drug-likeness (QED) is 0.792. The lowest BCUT2D eigenvalue weighted by molar-refractivity contribution is 0.163. The van der Waals surface area contributed by atoms with Gasteiger partial charge in [0.25, 0.3) is 0 Å². The van der Waals surface area contributed by atoms with E-state index in [1.165, 1.54) is 12.1 Å². The van der Waals surface area contributed by atoms with E-state index in [0.29, 0.717) is 19.5 Å². The van der Waals surface area contributed by atoms with Crippen LogP contribution >= 0.6 is 0 Å². The van der Waals surface area contributed by atoms with Crippen molar-refractivity contribution in [3.63, 3.8) is 0 Å². The first kappa shape index (κ1) is 14.1.